The minimum Gasteiger partial charge on any atom is -0.448 e. The van der Waals surface area contributed by atoms with Gasteiger partial charge in [-0.15, -0.1) is 0 Å². The van der Waals surface area contributed by atoms with E-state index in [1.54, 1.807) is 54.6 Å². The fraction of sp³-hybridized carbons (Fsp3) is 0.0870. The number of hydrogen-bond acceptors (Lipinski definition) is 5. The normalized spacial score (nSPS) is 11.9. The summed E-state index contributed by atoms with van der Waals surface area (Å²) >= 11 is 1.07. The van der Waals surface area contributed by atoms with Crippen molar-refractivity contribution in [3.05, 3.63) is 106 Å². The zero-order valence-electron chi connectivity index (χ0n) is 15.4. The number of ketones is 1. The first-order chi connectivity index (χ1) is 14.1. The Bertz CT molecular complexity index is 1210. The Morgan fingerprint density at radius 3 is 2.21 bits per heavy atom. The highest BCUT2D eigenvalue weighted by molar-refractivity contribution is 7.16. The van der Waals surface area contributed by atoms with E-state index in [0.717, 1.165) is 16.0 Å². The molecule has 0 aliphatic heterocycles. The van der Waals surface area contributed by atoms with E-state index in [-0.39, 0.29) is 17.2 Å². The molecule has 1 aromatic heterocycles. The summed E-state index contributed by atoms with van der Waals surface area (Å²) in [5, 5.41) is 0. The summed E-state index contributed by atoms with van der Waals surface area (Å²) in [6, 6.07) is 24.8. The molecule has 0 radical (unpaired) electrons. The Labute approximate surface area is 170 Å². The van der Waals surface area contributed by atoms with E-state index in [1.807, 2.05) is 30.3 Å². The van der Waals surface area contributed by atoms with E-state index in [9.17, 15) is 14.4 Å². The topological polar surface area (TPSA) is 65.4 Å². The van der Waals surface area contributed by atoms with Gasteiger partial charge in [0.25, 0.3) is 0 Å². The standard InChI is InChI=1S/C23H17NO4S/c25-20(15-24-18-13-7-8-14-19(18)29-23(24)27)28-22(17-11-5-2-6-12-17)21(26)16-9-3-1-4-10-16/h1-14,22H,15H2/t22-/m1/s1. The van der Waals surface area contributed by atoms with Gasteiger partial charge in [-0.1, -0.05) is 84.1 Å². The van der Waals surface area contributed by atoms with Gasteiger partial charge in [0.1, 0.15) is 6.54 Å². The Hall–Kier alpha value is -3.51. The molecule has 1 atom stereocenters. The third-order valence-corrected chi connectivity index (χ3v) is 5.47. The summed E-state index contributed by atoms with van der Waals surface area (Å²) in [5.41, 5.74) is 1.70. The van der Waals surface area contributed by atoms with E-state index in [1.165, 1.54) is 4.57 Å². The third kappa shape index (κ3) is 4.02. The quantitative estimate of drug-likeness (QED) is 0.357. The third-order valence-electron chi connectivity index (χ3n) is 4.51. The Morgan fingerprint density at radius 1 is 0.862 bits per heavy atom. The van der Waals surface area contributed by atoms with Crippen LogP contribution in [-0.2, 0) is 16.1 Å². The minimum atomic E-state index is -1.08. The summed E-state index contributed by atoms with van der Waals surface area (Å²) in [7, 11) is 0. The largest absolute Gasteiger partial charge is 0.448 e. The summed E-state index contributed by atoms with van der Waals surface area (Å²) in [6.45, 7) is -0.256. The van der Waals surface area contributed by atoms with Crippen molar-refractivity contribution in [3.8, 4) is 0 Å². The van der Waals surface area contributed by atoms with E-state index < -0.39 is 12.1 Å². The lowest BCUT2D eigenvalue weighted by molar-refractivity contribution is -0.148. The maximum absolute atomic E-state index is 13.0. The molecule has 0 spiro atoms. The molecule has 0 amide bonds. The SMILES string of the molecule is O=C(Cn1c(=O)sc2ccccc21)O[C@@H](C(=O)c1ccccc1)c1ccccc1. The molecule has 3 aromatic carbocycles. The Balaban J connectivity index is 1.62. The number of para-hydroxylation sites is 1. The average Bonchev–Trinajstić information content (AvgIpc) is 3.08. The van der Waals surface area contributed by atoms with Crippen LogP contribution in [0.15, 0.2) is 89.7 Å². The zero-order chi connectivity index (χ0) is 20.2. The van der Waals surface area contributed by atoms with E-state index in [4.69, 9.17) is 4.74 Å². The zero-order valence-corrected chi connectivity index (χ0v) is 16.2. The average molecular weight is 403 g/mol. The van der Waals surface area contributed by atoms with Gasteiger partial charge >= 0.3 is 10.8 Å². The molecule has 0 bridgehead atoms. The summed E-state index contributed by atoms with van der Waals surface area (Å²) in [4.78, 5) is 37.8. The molecule has 0 aliphatic carbocycles. The van der Waals surface area contributed by atoms with Crippen LogP contribution in [0.3, 0.4) is 0 Å². The minimum absolute atomic E-state index is 0.242. The lowest BCUT2D eigenvalue weighted by Gasteiger charge is -2.17. The van der Waals surface area contributed by atoms with Crippen LogP contribution < -0.4 is 4.87 Å². The molecule has 0 saturated heterocycles. The van der Waals surface area contributed by atoms with Gasteiger partial charge in [0.15, 0.2) is 6.10 Å². The van der Waals surface area contributed by atoms with Crippen LogP contribution in [0.4, 0.5) is 0 Å². The molecule has 0 fully saturated rings. The first kappa shape index (κ1) is 18.8. The predicted molar refractivity (Wildman–Crippen MR) is 112 cm³/mol. The number of carbonyl (C=O) groups is 2. The molecule has 0 aliphatic rings. The lowest BCUT2D eigenvalue weighted by atomic mass is 10.00. The van der Waals surface area contributed by atoms with Crippen LogP contribution >= 0.6 is 11.3 Å². The second kappa shape index (κ2) is 8.24. The number of carbonyl (C=O) groups excluding carboxylic acids is 2. The van der Waals surface area contributed by atoms with Crippen molar-refractivity contribution in [1.82, 2.24) is 4.57 Å². The second-order valence-corrected chi connectivity index (χ2v) is 7.43. The molecule has 1 heterocycles. The van der Waals surface area contributed by atoms with Gasteiger partial charge < -0.3 is 4.74 Å². The van der Waals surface area contributed by atoms with Gasteiger partial charge in [0, 0.05) is 11.1 Å². The predicted octanol–water partition coefficient (Wildman–Crippen LogP) is 4.23. The number of fused-ring (bicyclic) bond motifs is 1. The van der Waals surface area contributed by atoms with Crippen LogP contribution in [-0.4, -0.2) is 16.3 Å². The molecule has 6 heteroatoms. The fourth-order valence-electron chi connectivity index (χ4n) is 3.12. The van der Waals surface area contributed by atoms with Crippen molar-refractivity contribution >= 4 is 33.3 Å². The van der Waals surface area contributed by atoms with Crippen molar-refractivity contribution in [1.29, 1.82) is 0 Å². The van der Waals surface area contributed by atoms with Crippen molar-refractivity contribution in [2.45, 2.75) is 12.6 Å². The number of rotatable bonds is 6. The molecule has 0 saturated carbocycles. The van der Waals surface area contributed by atoms with Crippen LogP contribution in [0, 0.1) is 0 Å². The van der Waals surface area contributed by atoms with Gasteiger partial charge in [0.2, 0.25) is 5.78 Å². The van der Waals surface area contributed by atoms with Crippen molar-refractivity contribution < 1.29 is 14.3 Å². The Morgan fingerprint density at radius 2 is 1.48 bits per heavy atom. The first-order valence-corrected chi connectivity index (χ1v) is 9.87. The van der Waals surface area contributed by atoms with Gasteiger partial charge in [-0.2, -0.15) is 0 Å². The van der Waals surface area contributed by atoms with Crippen molar-refractivity contribution in [2.75, 3.05) is 0 Å². The van der Waals surface area contributed by atoms with Crippen molar-refractivity contribution in [3.63, 3.8) is 0 Å². The van der Waals surface area contributed by atoms with Gasteiger partial charge in [0.05, 0.1) is 10.2 Å². The molecule has 0 unspecified atom stereocenters. The van der Waals surface area contributed by atoms with E-state index in [2.05, 4.69) is 0 Å². The molecule has 0 N–H and O–H groups in total. The fourth-order valence-corrected chi connectivity index (χ4v) is 4.01. The highest BCUT2D eigenvalue weighted by atomic mass is 32.1. The summed E-state index contributed by atoms with van der Waals surface area (Å²) in [5.74, 6) is -0.957. The smallest absolute Gasteiger partial charge is 0.327 e. The molecular weight excluding hydrogens is 386 g/mol. The van der Waals surface area contributed by atoms with Gasteiger partial charge in [-0.25, -0.2) is 0 Å². The van der Waals surface area contributed by atoms with Gasteiger partial charge in [-0.05, 0) is 12.1 Å². The number of aromatic nitrogens is 1. The van der Waals surface area contributed by atoms with Crippen LogP contribution in [0.2, 0.25) is 0 Å². The highest BCUT2D eigenvalue weighted by Crippen LogP contribution is 2.23. The van der Waals surface area contributed by atoms with E-state index >= 15 is 0 Å². The number of hydrogen-bond donors (Lipinski definition) is 0. The first-order valence-electron chi connectivity index (χ1n) is 9.05. The van der Waals surface area contributed by atoms with Crippen LogP contribution in [0.25, 0.3) is 10.2 Å². The molecule has 29 heavy (non-hydrogen) atoms. The Kier molecular flexibility index (Phi) is 5.35. The molecule has 144 valence electrons. The maximum Gasteiger partial charge on any atom is 0.327 e. The highest BCUT2D eigenvalue weighted by Gasteiger charge is 2.26. The molecule has 4 aromatic rings. The second-order valence-electron chi connectivity index (χ2n) is 6.43. The summed E-state index contributed by atoms with van der Waals surface area (Å²) < 4.78 is 7.76. The molecule has 4 rings (SSSR count). The maximum atomic E-state index is 13.0. The van der Waals surface area contributed by atoms with E-state index in [0.29, 0.717) is 16.6 Å². The summed E-state index contributed by atoms with van der Waals surface area (Å²) in [6.07, 6.45) is -1.08. The monoisotopic (exact) mass is 403 g/mol. The van der Waals surface area contributed by atoms with Crippen molar-refractivity contribution in [2.24, 2.45) is 0 Å². The number of benzene rings is 3. The molecular formula is C23H17NO4S. The molecule has 5 nitrogen and oxygen atoms in total. The number of Topliss-reactive ketones (excluding diaryl/α,β-unsaturated/α-hetero) is 1. The number of esters is 1. The lowest BCUT2D eigenvalue weighted by Crippen LogP contribution is -2.25. The number of nitrogens with zero attached hydrogens (tertiary/aromatic N) is 1. The van der Waals surface area contributed by atoms with Gasteiger partial charge in [-0.3, -0.25) is 19.0 Å². The van der Waals surface area contributed by atoms with Crippen LogP contribution in [0.5, 0.6) is 0 Å². The number of ether oxygens (including phenoxy) is 1. The number of thiazole rings is 1. The van der Waals surface area contributed by atoms with Crippen LogP contribution in [0.1, 0.15) is 22.0 Å².